The average Bonchev–Trinajstić information content (AvgIpc) is 2.76. The van der Waals surface area contributed by atoms with Gasteiger partial charge in [0.2, 0.25) is 0 Å². The number of anilines is 1. The first-order valence-corrected chi connectivity index (χ1v) is 7.52. The highest BCUT2D eigenvalue weighted by Gasteiger charge is 2.43. The standard InChI is InChI=1S/C14H14BrNOS/c1-16-12-4-2-10(3-5-12)14(8-17-9-14)13-6-11(15)7-18-13/h2-7,16H,8-9H2,1H3. The Morgan fingerprint density at radius 3 is 2.44 bits per heavy atom. The fourth-order valence-electron chi connectivity index (χ4n) is 2.28. The van der Waals surface area contributed by atoms with Crippen molar-refractivity contribution < 1.29 is 4.74 Å². The molecule has 18 heavy (non-hydrogen) atoms. The molecule has 1 aromatic carbocycles. The fraction of sp³-hybridized carbons (Fsp3) is 0.286. The first-order valence-electron chi connectivity index (χ1n) is 5.85. The third-order valence-corrected chi connectivity index (χ3v) is 5.36. The zero-order valence-electron chi connectivity index (χ0n) is 10.1. The van der Waals surface area contributed by atoms with E-state index in [0.29, 0.717) is 0 Å². The zero-order valence-corrected chi connectivity index (χ0v) is 12.5. The Kier molecular flexibility index (Phi) is 3.18. The molecule has 94 valence electrons. The highest BCUT2D eigenvalue weighted by Crippen LogP contribution is 2.43. The van der Waals surface area contributed by atoms with Crippen molar-refractivity contribution in [3.8, 4) is 0 Å². The van der Waals surface area contributed by atoms with Gasteiger partial charge in [-0.25, -0.2) is 0 Å². The molecular formula is C14H14BrNOS. The van der Waals surface area contributed by atoms with Crippen LogP contribution in [0.3, 0.4) is 0 Å². The zero-order chi connectivity index (χ0) is 12.6. The van der Waals surface area contributed by atoms with Crippen molar-refractivity contribution in [3.63, 3.8) is 0 Å². The summed E-state index contributed by atoms with van der Waals surface area (Å²) in [6, 6.07) is 10.8. The predicted octanol–water partition coefficient (Wildman–Crippen LogP) is 3.87. The molecule has 0 atom stereocenters. The molecule has 1 N–H and O–H groups in total. The molecule has 0 spiro atoms. The highest BCUT2D eigenvalue weighted by atomic mass is 79.9. The number of hydrogen-bond donors (Lipinski definition) is 1. The van der Waals surface area contributed by atoms with E-state index in [0.717, 1.165) is 23.4 Å². The lowest BCUT2D eigenvalue weighted by molar-refractivity contribution is -0.0362. The van der Waals surface area contributed by atoms with E-state index >= 15 is 0 Å². The normalized spacial score (nSPS) is 17.2. The van der Waals surface area contributed by atoms with Gasteiger partial charge in [-0.05, 0) is 39.7 Å². The minimum absolute atomic E-state index is 0.0585. The third-order valence-electron chi connectivity index (χ3n) is 3.46. The van der Waals surface area contributed by atoms with E-state index < -0.39 is 0 Å². The second kappa shape index (κ2) is 4.68. The van der Waals surface area contributed by atoms with Crippen LogP contribution in [0.2, 0.25) is 0 Å². The van der Waals surface area contributed by atoms with Gasteiger partial charge in [-0.2, -0.15) is 0 Å². The number of nitrogens with one attached hydrogen (secondary N) is 1. The predicted molar refractivity (Wildman–Crippen MR) is 79.6 cm³/mol. The molecule has 1 aliphatic rings. The van der Waals surface area contributed by atoms with Gasteiger partial charge in [0.15, 0.2) is 0 Å². The molecule has 0 bridgehead atoms. The average molecular weight is 324 g/mol. The van der Waals surface area contributed by atoms with Crippen LogP contribution in [0.25, 0.3) is 0 Å². The van der Waals surface area contributed by atoms with Gasteiger partial charge in [0, 0.05) is 27.5 Å². The van der Waals surface area contributed by atoms with E-state index in [-0.39, 0.29) is 5.41 Å². The lowest BCUT2D eigenvalue weighted by atomic mass is 9.77. The van der Waals surface area contributed by atoms with Gasteiger partial charge in [-0.1, -0.05) is 12.1 Å². The van der Waals surface area contributed by atoms with Crippen LogP contribution in [-0.2, 0) is 10.2 Å². The Morgan fingerprint density at radius 2 is 2.00 bits per heavy atom. The summed E-state index contributed by atoms with van der Waals surface area (Å²) in [6.07, 6.45) is 0. The maximum Gasteiger partial charge on any atom is 0.0763 e. The summed E-state index contributed by atoms with van der Waals surface area (Å²) in [6.45, 7) is 1.55. The Bertz CT molecular complexity index is 545. The van der Waals surface area contributed by atoms with E-state index in [1.165, 1.54) is 10.4 Å². The molecular weight excluding hydrogens is 310 g/mol. The van der Waals surface area contributed by atoms with Gasteiger partial charge in [0.25, 0.3) is 0 Å². The minimum Gasteiger partial charge on any atom is -0.388 e. The summed E-state index contributed by atoms with van der Waals surface area (Å²) in [5.41, 5.74) is 2.53. The van der Waals surface area contributed by atoms with Gasteiger partial charge in [-0.15, -0.1) is 11.3 Å². The van der Waals surface area contributed by atoms with E-state index in [9.17, 15) is 0 Å². The molecule has 1 aliphatic heterocycles. The summed E-state index contributed by atoms with van der Waals surface area (Å²) in [5.74, 6) is 0. The van der Waals surface area contributed by atoms with Crippen molar-refractivity contribution >= 4 is 33.0 Å². The van der Waals surface area contributed by atoms with Crippen molar-refractivity contribution in [1.82, 2.24) is 0 Å². The second-order valence-electron chi connectivity index (χ2n) is 4.53. The monoisotopic (exact) mass is 323 g/mol. The number of benzene rings is 1. The van der Waals surface area contributed by atoms with Crippen LogP contribution in [0.1, 0.15) is 10.4 Å². The van der Waals surface area contributed by atoms with Crippen molar-refractivity contribution in [2.45, 2.75) is 5.41 Å². The van der Waals surface area contributed by atoms with Crippen molar-refractivity contribution in [1.29, 1.82) is 0 Å². The lowest BCUT2D eigenvalue weighted by Gasteiger charge is -2.41. The molecule has 0 amide bonds. The van der Waals surface area contributed by atoms with Crippen LogP contribution in [0.15, 0.2) is 40.2 Å². The molecule has 1 saturated heterocycles. The molecule has 3 rings (SSSR count). The van der Waals surface area contributed by atoms with E-state index in [4.69, 9.17) is 4.74 Å². The summed E-state index contributed by atoms with van der Waals surface area (Å²) < 4.78 is 6.64. The number of hydrogen-bond acceptors (Lipinski definition) is 3. The molecule has 2 aromatic rings. The number of halogens is 1. The smallest absolute Gasteiger partial charge is 0.0763 e. The van der Waals surface area contributed by atoms with Gasteiger partial charge in [0.05, 0.1) is 18.6 Å². The molecule has 4 heteroatoms. The van der Waals surface area contributed by atoms with Gasteiger partial charge in [0.1, 0.15) is 0 Å². The van der Waals surface area contributed by atoms with Crippen molar-refractivity contribution in [2.75, 3.05) is 25.6 Å². The molecule has 1 fully saturated rings. The van der Waals surface area contributed by atoms with Crippen LogP contribution in [-0.4, -0.2) is 20.3 Å². The van der Waals surface area contributed by atoms with Gasteiger partial charge >= 0.3 is 0 Å². The minimum atomic E-state index is 0.0585. The van der Waals surface area contributed by atoms with Crippen LogP contribution < -0.4 is 5.32 Å². The lowest BCUT2D eigenvalue weighted by Crippen LogP contribution is -2.47. The maximum absolute atomic E-state index is 5.49. The number of rotatable bonds is 3. The third kappa shape index (κ3) is 1.88. The fourth-order valence-corrected chi connectivity index (χ4v) is 3.90. The summed E-state index contributed by atoms with van der Waals surface area (Å²) in [5, 5.41) is 5.29. The number of ether oxygens (including phenoxy) is 1. The topological polar surface area (TPSA) is 21.3 Å². The molecule has 0 unspecified atom stereocenters. The van der Waals surface area contributed by atoms with Crippen LogP contribution in [0.4, 0.5) is 5.69 Å². The number of thiophene rings is 1. The van der Waals surface area contributed by atoms with E-state index in [1.54, 1.807) is 11.3 Å². The molecule has 2 nitrogen and oxygen atoms in total. The first kappa shape index (κ1) is 12.2. The second-order valence-corrected chi connectivity index (χ2v) is 6.36. The molecule has 1 aromatic heterocycles. The van der Waals surface area contributed by atoms with Crippen molar-refractivity contribution in [3.05, 3.63) is 50.6 Å². The SMILES string of the molecule is CNc1ccc(C2(c3cc(Br)cs3)COC2)cc1. The summed E-state index contributed by atoms with van der Waals surface area (Å²) in [7, 11) is 1.94. The molecule has 0 saturated carbocycles. The quantitative estimate of drug-likeness (QED) is 0.925. The van der Waals surface area contributed by atoms with Gasteiger partial charge < -0.3 is 10.1 Å². The first-order chi connectivity index (χ1) is 8.74. The Hall–Kier alpha value is -0.840. The molecule has 0 aliphatic carbocycles. The van der Waals surface area contributed by atoms with Crippen LogP contribution in [0, 0.1) is 0 Å². The van der Waals surface area contributed by atoms with E-state index in [1.807, 2.05) is 7.05 Å². The Morgan fingerprint density at radius 1 is 1.28 bits per heavy atom. The Labute approximate surface area is 119 Å². The maximum atomic E-state index is 5.49. The van der Waals surface area contributed by atoms with Crippen LogP contribution >= 0.6 is 27.3 Å². The van der Waals surface area contributed by atoms with Crippen LogP contribution in [0.5, 0.6) is 0 Å². The summed E-state index contributed by atoms with van der Waals surface area (Å²) >= 11 is 5.33. The highest BCUT2D eigenvalue weighted by molar-refractivity contribution is 9.10. The Balaban J connectivity index is 2.00. The van der Waals surface area contributed by atoms with E-state index in [2.05, 4.69) is 57.0 Å². The molecule has 2 heterocycles. The summed E-state index contributed by atoms with van der Waals surface area (Å²) in [4.78, 5) is 1.37. The molecule has 0 radical (unpaired) electrons. The largest absolute Gasteiger partial charge is 0.388 e. The van der Waals surface area contributed by atoms with Gasteiger partial charge in [-0.3, -0.25) is 0 Å². The van der Waals surface area contributed by atoms with Crippen molar-refractivity contribution in [2.24, 2.45) is 0 Å².